The largest absolute Gasteiger partial charge is 0.279 e. The molecule has 6 nitrogen and oxygen atoms in total. The number of fused-ring (bicyclic) bond motifs is 1. The van der Waals surface area contributed by atoms with E-state index >= 15 is 0 Å². The zero-order valence-electron chi connectivity index (χ0n) is 17.9. The van der Waals surface area contributed by atoms with Crippen molar-refractivity contribution < 1.29 is 18.0 Å². The van der Waals surface area contributed by atoms with Gasteiger partial charge in [-0.25, -0.2) is 8.42 Å². The van der Waals surface area contributed by atoms with E-state index < -0.39 is 10.0 Å². The fraction of sp³-hybridized carbons (Fsp3) is 0.417. The van der Waals surface area contributed by atoms with Crippen LogP contribution in [0.3, 0.4) is 0 Å². The number of nitrogens with one attached hydrogen (secondary N) is 1. The Morgan fingerprint density at radius 1 is 1.00 bits per heavy atom. The number of imide groups is 1. The number of aryl methyl sites for hydroxylation is 2. The summed E-state index contributed by atoms with van der Waals surface area (Å²) in [6.45, 7) is 3.82. The van der Waals surface area contributed by atoms with Crippen LogP contribution in [0.4, 0.5) is 5.69 Å². The average Bonchev–Trinajstić information content (AvgIpc) is 3.00. The zero-order valence-corrected chi connectivity index (χ0v) is 18.7. The smallest absolute Gasteiger partial charge is 0.262 e. The van der Waals surface area contributed by atoms with Gasteiger partial charge in [-0.05, 0) is 55.0 Å². The zero-order chi connectivity index (χ0) is 22.2. The number of nitrogens with zero attached hydrogens (tertiary/aromatic N) is 1. The Labute approximate surface area is 183 Å². The highest BCUT2D eigenvalue weighted by atomic mass is 32.2. The van der Waals surface area contributed by atoms with Gasteiger partial charge in [0.2, 0.25) is 11.8 Å². The Hall–Kier alpha value is -2.67. The Morgan fingerprint density at radius 2 is 1.65 bits per heavy atom. The van der Waals surface area contributed by atoms with Crippen LogP contribution >= 0.6 is 0 Å². The Kier molecular flexibility index (Phi) is 5.88. The molecule has 1 saturated carbocycles. The van der Waals surface area contributed by atoms with Gasteiger partial charge in [-0.2, -0.15) is 0 Å². The van der Waals surface area contributed by atoms with Gasteiger partial charge in [0.25, 0.3) is 10.0 Å². The molecule has 7 heteroatoms. The van der Waals surface area contributed by atoms with Crippen molar-refractivity contribution in [1.29, 1.82) is 0 Å². The number of rotatable bonds is 6. The highest BCUT2D eigenvalue weighted by molar-refractivity contribution is 7.92. The van der Waals surface area contributed by atoms with E-state index in [4.69, 9.17) is 0 Å². The molecule has 2 aliphatic rings. The van der Waals surface area contributed by atoms with Crippen molar-refractivity contribution in [2.45, 2.75) is 57.4 Å². The molecular formula is C24H28N2O4S. The van der Waals surface area contributed by atoms with E-state index in [1.54, 1.807) is 37.3 Å². The van der Waals surface area contributed by atoms with Crippen LogP contribution in [0.15, 0.2) is 47.4 Å². The summed E-state index contributed by atoms with van der Waals surface area (Å²) >= 11 is 0. The number of benzene rings is 2. The lowest BCUT2D eigenvalue weighted by Gasteiger charge is -2.19. The van der Waals surface area contributed by atoms with Crippen molar-refractivity contribution in [3.05, 3.63) is 59.2 Å². The number of carbonyl (C=O) groups is 2. The van der Waals surface area contributed by atoms with Gasteiger partial charge in [0.05, 0.1) is 29.0 Å². The lowest BCUT2D eigenvalue weighted by Crippen LogP contribution is -2.30. The lowest BCUT2D eigenvalue weighted by molar-refractivity contribution is -0.140. The van der Waals surface area contributed by atoms with Crippen LogP contribution in [-0.4, -0.2) is 25.1 Å². The molecule has 1 aliphatic heterocycles. The topological polar surface area (TPSA) is 83.6 Å². The summed E-state index contributed by atoms with van der Waals surface area (Å²) < 4.78 is 29.0. The minimum atomic E-state index is -3.82. The SMILES string of the molecule is CCc1ccccc1NS(=O)(=O)c1cc(CN2C(=O)C3CCCCC3C2=O)ccc1C. The van der Waals surface area contributed by atoms with Crippen LogP contribution in [-0.2, 0) is 32.6 Å². The molecule has 1 aliphatic carbocycles. The summed E-state index contributed by atoms with van der Waals surface area (Å²) in [5.74, 6) is -0.645. The van der Waals surface area contributed by atoms with E-state index in [-0.39, 0.29) is 35.1 Å². The number of carbonyl (C=O) groups excluding carboxylic acids is 2. The number of sulfonamides is 1. The van der Waals surface area contributed by atoms with Gasteiger partial charge in [-0.3, -0.25) is 19.2 Å². The summed E-state index contributed by atoms with van der Waals surface area (Å²) in [7, 11) is -3.82. The molecule has 1 N–H and O–H groups in total. The first-order valence-corrected chi connectivity index (χ1v) is 12.4. The maximum Gasteiger partial charge on any atom is 0.262 e. The Balaban J connectivity index is 1.60. The molecule has 0 radical (unpaired) electrons. The van der Waals surface area contributed by atoms with Gasteiger partial charge >= 0.3 is 0 Å². The average molecular weight is 441 g/mol. The molecule has 1 saturated heterocycles. The third-order valence-corrected chi connectivity index (χ3v) is 7.97. The third kappa shape index (κ3) is 4.11. The first kappa shape index (κ1) is 21.6. The molecule has 0 aromatic heterocycles. The molecule has 2 unspecified atom stereocenters. The molecule has 1 heterocycles. The van der Waals surface area contributed by atoms with Crippen LogP contribution in [0, 0.1) is 18.8 Å². The molecule has 0 spiro atoms. The minimum Gasteiger partial charge on any atom is -0.279 e. The second-order valence-corrected chi connectivity index (χ2v) is 10.1. The highest BCUT2D eigenvalue weighted by Gasteiger charge is 2.47. The van der Waals surface area contributed by atoms with E-state index in [0.29, 0.717) is 23.2 Å². The summed E-state index contributed by atoms with van der Waals surface area (Å²) in [5.41, 5.74) is 2.72. The van der Waals surface area contributed by atoms with E-state index in [1.165, 1.54) is 4.90 Å². The summed E-state index contributed by atoms with van der Waals surface area (Å²) in [4.78, 5) is 27.1. The number of anilines is 1. The molecule has 164 valence electrons. The summed E-state index contributed by atoms with van der Waals surface area (Å²) in [6.07, 6.45) is 4.19. The van der Waals surface area contributed by atoms with Crippen LogP contribution < -0.4 is 4.72 Å². The summed E-state index contributed by atoms with van der Waals surface area (Å²) in [5, 5.41) is 0. The minimum absolute atomic E-state index is 0.110. The van der Waals surface area contributed by atoms with Crippen molar-refractivity contribution in [3.8, 4) is 0 Å². The third-order valence-electron chi connectivity index (χ3n) is 6.46. The van der Waals surface area contributed by atoms with Gasteiger partial charge in [-0.15, -0.1) is 0 Å². The maximum atomic E-state index is 13.2. The van der Waals surface area contributed by atoms with E-state index in [1.807, 2.05) is 19.1 Å². The van der Waals surface area contributed by atoms with Gasteiger partial charge in [-0.1, -0.05) is 50.1 Å². The molecule has 0 bridgehead atoms. The maximum absolute atomic E-state index is 13.2. The second kappa shape index (κ2) is 8.46. The van der Waals surface area contributed by atoms with Crippen LogP contribution in [0.2, 0.25) is 0 Å². The molecular weight excluding hydrogens is 412 g/mol. The van der Waals surface area contributed by atoms with Crippen molar-refractivity contribution in [1.82, 2.24) is 4.90 Å². The van der Waals surface area contributed by atoms with Crippen LogP contribution in [0.5, 0.6) is 0 Å². The first-order chi connectivity index (χ1) is 14.8. The molecule has 2 amide bonds. The van der Waals surface area contributed by atoms with Gasteiger partial charge in [0.1, 0.15) is 0 Å². The van der Waals surface area contributed by atoms with Gasteiger partial charge in [0.15, 0.2) is 0 Å². The fourth-order valence-corrected chi connectivity index (χ4v) is 6.13. The molecule has 2 aromatic carbocycles. The number of para-hydroxylation sites is 1. The molecule has 4 rings (SSSR count). The monoisotopic (exact) mass is 440 g/mol. The van der Waals surface area contributed by atoms with Crippen molar-refractivity contribution >= 4 is 27.5 Å². The van der Waals surface area contributed by atoms with Crippen molar-refractivity contribution in [2.75, 3.05) is 4.72 Å². The number of hydrogen-bond acceptors (Lipinski definition) is 4. The van der Waals surface area contributed by atoms with Gasteiger partial charge < -0.3 is 0 Å². The molecule has 31 heavy (non-hydrogen) atoms. The van der Waals surface area contributed by atoms with E-state index in [0.717, 1.165) is 31.2 Å². The number of hydrogen-bond donors (Lipinski definition) is 1. The second-order valence-electron chi connectivity index (χ2n) is 8.48. The molecule has 2 aromatic rings. The number of likely N-dealkylation sites (tertiary alicyclic amines) is 1. The predicted octanol–water partition coefficient (Wildman–Crippen LogP) is 4.03. The highest BCUT2D eigenvalue weighted by Crippen LogP contribution is 2.38. The Bertz CT molecular complexity index is 1100. The normalized spacial score (nSPS) is 21.3. The lowest BCUT2D eigenvalue weighted by atomic mass is 9.81. The predicted molar refractivity (Wildman–Crippen MR) is 119 cm³/mol. The van der Waals surface area contributed by atoms with E-state index in [9.17, 15) is 18.0 Å². The van der Waals surface area contributed by atoms with Gasteiger partial charge in [0, 0.05) is 0 Å². The molecule has 2 fully saturated rings. The fourth-order valence-electron chi connectivity index (χ4n) is 4.73. The summed E-state index contributed by atoms with van der Waals surface area (Å²) in [6, 6.07) is 12.4. The Morgan fingerprint density at radius 3 is 2.29 bits per heavy atom. The van der Waals surface area contributed by atoms with Crippen molar-refractivity contribution in [3.63, 3.8) is 0 Å². The molecule has 2 atom stereocenters. The van der Waals surface area contributed by atoms with Crippen LogP contribution in [0.1, 0.15) is 49.3 Å². The van der Waals surface area contributed by atoms with Crippen molar-refractivity contribution in [2.24, 2.45) is 11.8 Å². The first-order valence-electron chi connectivity index (χ1n) is 10.9. The standard InChI is InChI=1S/C24H28N2O4S/c1-3-18-8-4-7-11-21(18)25-31(29,30)22-14-17(13-12-16(22)2)15-26-23(27)19-9-5-6-10-20(19)24(26)28/h4,7-8,11-14,19-20,25H,3,5-6,9-10,15H2,1-2H3. The van der Waals surface area contributed by atoms with E-state index in [2.05, 4.69) is 4.72 Å². The number of amides is 2. The van der Waals surface area contributed by atoms with Crippen LogP contribution in [0.25, 0.3) is 0 Å². The quantitative estimate of drug-likeness (QED) is 0.688.